The van der Waals surface area contributed by atoms with E-state index in [1.807, 2.05) is 30.3 Å². The van der Waals surface area contributed by atoms with Crippen molar-refractivity contribution in [2.45, 2.75) is 13.0 Å². The van der Waals surface area contributed by atoms with Gasteiger partial charge in [-0.15, -0.1) is 0 Å². The van der Waals surface area contributed by atoms with Gasteiger partial charge >= 0.3 is 11.8 Å². The molecule has 3 aromatic carbocycles. The van der Waals surface area contributed by atoms with Crippen molar-refractivity contribution >= 4 is 57.5 Å². The number of hydrogen-bond donors (Lipinski definition) is 3. The molecule has 4 rings (SSSR count). The van der Waals surface area contributed by atoms with Gasteiger partial charge in [0.15, 0.2) is 0 Å². The number of halogens is 2. The summed E-state index contributed by atoms with van der Waals surface area (Å²) in [4.78, 5) is 38.8. The number of fused-ring (bicyclic) bond motifs is 1. The van der Waals surface area contributed by atoms with Gasteiger partial charge in [-0.05, 0) is 42.8 Å². The van der Waals surface area contributed by atoms with E-state index in [4.69, 9.17) is 27.9 Å². The number of methoxy groups -OCH3 is 1. The minimum atomic E-state index is -0.959. The Morgan fingerprint density at radius 1 is 0.917 bits per heavy atom. The second-order valence-corrected chi connectivity index (χ2v) is 8.73. The first-order chi connectivity index (χ1) is 17.3. The Bertz CT molecular complexity index is 1450. The Morgan fingerprint density at radius 2 is 1.67 bits per heavy atom. The molecule has 1 aromatic heterocycles. The summed E-state index contributed by atoms with van der Waals surface area (Å²) < 4.78 is 6.66. The third-order valence-electron chi connectivity index (χ3n) is 5.49. The quantitative estimate of drug-likeness (QED) is 0.303. The van der Waals surface area contributed by atoms with Crippen LogP contribution in [0.5, 0.6) is 5.75 Å². The highest BCUT2D eigenvalue weighted by Gasteiger charge is 2.24. The summed E-state index contributed by atoms with van der Waals surface area (Å²) in [6, 6.07) is 20.2. The van der Waals surface area contributed by atoms with E-state index >= 15 is 0 Å². The predicted molar refractivity (Wildman–Crippen MR) is 140 cm³/mol. The third kappa shape index (κ3) is 5.30. The van der Waals surface area contributed by atoms with Crippen molar-refractivity contribution in [3.63, 3.8) is 0 Å². The fourth-order valence-corrected chi connectivity index (χ4v) is 4.15. The first kappa shape index (κ1) is 25.1. The van der Waals surface area contributed by atoms with E-state index in [2.05, 4.69) is 16.1 Å². The number of benzene rings is 3. The van der Waals surface area contributed by atoms with Crippen LogP contribution in [0.3, 0.4) is 0 Å². The molecule has 8 nitrogen and oxygen atoms in total. The van der Waals surface area contributed by atoms with Gasteiger partial charge in [0, 0.05) is 10.4 Å². The van der Waals surface area contributed by atoms with Crippen LogP contribution in [0.1, 0.15) is 29.0 Å². The molecule has 0 saturated carbocycles. The van der Waals surface area contributed by atoms with Crippen LogP contribution < -0.4 is 20.8 Å². The highest BCUT2D eigenvalue weighted by atomic mass is 35.5. The topological polar surface area (TPSA) is 101 Å². The molecule has 3 amide bonds. The molecule has 4 aromatic rings. The summed E-state index contributed by atoms with van der Waals surface area (Å²) >= 11 is 12.1. The predicted octanol–water partition coefficient (Wildman–Crippen LogP) is 5.16. The number of rotatable bonds is 6. The van der Waals surface area contributed by atoms with E-state index in [9.17, 15) is 14.4 Å². The first-order valence-corrected chi connectivity index (χ1v) is 11.7. The molecular formula is C26H22Cl2N4O4. The summed E-state index contributed by atoms with van der Waals surface area (Å²) in [6.45, 7) is 1.77. The van der Waals surface area contributed by atoms with Gasteiger partial charge in [-0.3, -0.25) is 19.8 Å². The normalized spacial score (nSPS) is 11.6. The van der Waals surface area contributed by atoms with E-state index in [1.165, 1.54) is 17.9 Å². The van der Waals surface area contributed by atoms with E-state index in [0.29, 0.717) is 27.4 Å². The van der Waals surface area contributed by atoms with E-state index in [0.717, 1.165) is 5.56 Å². The van der Waals surface area contributed by atoms with Crippen molar-refractivity contribution in [2.24, 2.45) is 0 Å². The Labute approximate surface area is 217 Å². The van der Waals surface area contributed by atoms with Crippen molar-refractivity contribution in [3.05, 3.63) is 94.1 Å². The number of hydrogen-bond acceptors (Lipinski definition) is 4. The van der Waals surface area contributed by atoms with Gasteiger partial charge < -0.3 is 15.4 Å². The molecule has 10 heteroatoms. The van der Waals surface area contributed by atoms with Crippen LogP contribution in [0.4, 0.5) is 5.69 Å². The van der Waals surface area contributed by atoms with Crippen molar-refractivity contribution in [1.29, 1.82) is 0 Å². The maximum absolute atomic E-state index is 13.2. The average molecular weight is 525 g/mol. The van der Waals surface area contributed by atoms with Crippen LogP contribution in [-0.4, -0.2) is 29.5 Å². The van der Waals surface area contributed by atoms with Gasteiger partial charge in [-0.25, -0.2) is 4.68 Å². The molecule has 0 radical (unpaired) electrons. The van der Waals surface area contributed by atoms with Crippen molar-refractivity contribution in [2.75, 3.05) is 17.9 Å². The molecule has 0 saturated heterocycles. The van der Waals surface area contributed by atoms with Gasteiger partial charge in [-0.2, -0.15) is 0 Å². The standard InChI is InChI=1S/C26H22Cl2N4O4/c1-15(16-7-4-3-5-8-16)29-25(34)26(35)31-32-21(13-17-9-6-10-22(36-2)23(17)32)24(33)30-20-12-11-18(27)14-19(20)28/h3-15H,1-2H3,(H,29,34)(H,30,33)(H,31,35)/t15-/m1/s1. The summed E-state index contributed by atoms with van der Waals surface area (Å²) in [7, 11) is 1.47. The molecular weight excluding hydrogens is 503 g/mol. The minimum absolute atomic E-state index is 0.0535. The number of amides is 3. The molecule has 0 aliphatic heterocycles. The smallest absolute Gasteiger partial charge is 0.328 e. The summed E-state index contributed by atoms with van der Waals surface area (Å²) in [5, 5.41) is 6.64. The molecule has 0 aliphatic carbocycles. The molecule has 0 bridgehead atoms. The summed E-state index contributed by atoms with van der Waals surface area (Å²) in [5.41, 5.74) is 4.16. The monoisotopic (exact) mass is 524 g/mol. The fourth-order valence-electron chi connectivity index (χ4n) is 3.69. The second kappa shape index (κ2) is 10.7. The highest BCUT2D eigenvalue weighted by Crippen LogP contribution is 2.30. The minimum Gasteiger partial charge on any atom is -0.494 e. The van der Waals surface area contributed by atoms with Gasteiger partial charge in [0.25, 0.3) is 5.91 Å². The van der Waals surface area contributed by atoms with Crippen LogP contribution in [0.25, 0.3) is 10.9 Å². The van der Waals surface area contributed by atoms with Gasteiger partial charge in [0.2, 0.25) is 0 Å². The van der Waals surface area contributed by atoms with Gasteiger partial charge in [0.1, 0.15) is 17.0 Å². The maximum Gasteiger partial charge on any atom is 0.328 e. The number of aromatic nitrogens is 1. The van der Waals surface area contributed by atoms with Crippen molar-refractivity contribution in [1.82, 2.24) is 9.99 Å². The molecule has 3 N–H and O–H groups in total. The number of nitrogens with one attached hydrogen (secondary N) is 3. The Morgan fingerprint density at radius 3 is 2.36 bits per heavy atom. The zero-order valence-electron chi connectivity index (χ0n) is 19.3. The third-order valence-corrected chi connectivity index (χ3v) is 6.03. The zero-order valence-corrected chi connectivity index (χ0v) is 20.9. The molecule has 0 spiro atoms. The van der Waals surface area contributed by atoms with Crippen LogP contribution in [0, 0.1) is 0 Å². The summed E-state index contributed by atoms with van der Waals surface area (Å²) in [6.07, 6.45) is 0. The molecule has 36 heavy (non-hydrogen) atoms. The lowest BCUT2D eigenvalue weighted by atomic mass is 10.1. The number of nitrogens with zero attached hydrogens (tertiary/aromatic N) is 1. The van der Waals surface area contributed by atoms with E-state index < -0.39 is 23.8 Å². The number of carbonyl (C=O) groups excluding carboxylic acids is 3. The first-order valence-electron chi connectivity index (χ1n) is 10.9. The van der Waals surface area contributed by atoms with Gasteiger partial charge in [0.05, 0.1) is 23.9 Å². The van der Waals surface area contributed by atoms with Crippen LogP contribution in [0.15, 0.2) is 72.8 Å². The van der Waals surface area contributed by atoms with Crippen molar-refractivity contribution < 1.29 is 19.1 Å². The largest absolute Gasteiger partial charge is 0.494 e. The van der Waals surface area contributed by atoms with Gasteiger partial charge in [-0.1, -0.05) is 65.7 Å². The maximum atomic E-state index is 13.2. The molecule has 0 fully saturated rings. The van der Waals surface area contributed by atoms with E-state index in [1.54, 1.807) is 43.3 Å². The van der Waals surface area contributed by atoms with Crippen LogP contribution in [-0.2, 0) is 9.59 Å². The number of para-hydroxylation sites is 1. The molecule has 0 unspecified atom stereocenters. The van der Waals surface area contributed by atoms with Crippen molar-refractivity contribution in [3.8, 4) is 5.75 Å². The summed E-state index contributed by atoms with van der Waals surface area (Å²) in [5.74, 6) is -2.00. The lowest BCUT2D eigenvalue weighted by Gasteiger charge is -2.16. The SMILES string of the molecule is COc1cccc2cc(C(=O)Nc3ccc(Cl)cc3Cl)n(NC(=O)C(=O)N[C@H](C)c3ccccc3)c12. The number of anilines is 1. The van der Waals surface area contributed by atoms with Crippen LogP contribution >= 0.6 is 23.2 Å². The van der Waals surface area contributed by atoms with Crippen LogP contribution in [0.2, 0.25) is 10.0 Å². The van der Waals surface area contributed by atoms with E-state index in [-0.39, 0.29) is 10.7 Å². The molecule has 1 atom stereocenters. The second-order valence-electron chi connectivity index (χ2n) is 7.89. The molecule has 0 aliphatic rings. The zero-order chi connectivity index (χ0) is 25.8. The lowest BCUT2D eigenvalue weighted by Crippen LogP contribution is -2.40. The Kier molecular flexibility index (Phi) is 7.47. The molecule has 184 valence electrons. The lowest BCUT2D eigenvalue weighted by molar-refractivity contribution is -0.137. The number of ether oxygens (including phenoxy) is 1. The Hall–Kier alpha value is -4.01. The average Bonchev–Trinajstić information content (AvgIpc) is 3.24. The molecule has 1 heterocycles. The highest BCUT2D eigenvalue weighted by molar-refractivity contribution is 6.38. The fraction of sp³-hybridized carbons (Fsp3) is 0.115. The number of carbonyl (C=O) groups is 3. The Balaban J connectivity index is 1.65.